The van der Waals surface area contributed by atoms with Crippen LogP contribution < -0.4 is 0 Å². The summed E-state index contributed by atoms with van der Waals surface area (Å²) in [5.41, 5.74) is -5.99. The first-order chi connectivity index (χ1) is 10.1. The van der Waals surface area contributed by atoms with E-state index in [4.69, 9.17) is 0 Å². The molecule has 0 bridgehead atoms. The number of carbonyl (C=O) groups excluding carboxylic acids is 1. The topological polar surface area (TPSA) is 32.9 Å². The van der Waals surface area contributed by atoms with Gasteiger partial charge in [0.1, 0.15) is 0 Å². The maximum Gasteiger partial charge on any atom is 0.418 e. The second-order valence-electron chi connectivity index (χ2n) is 4.05. The molecule has 22 heavy (non-hydrogen) atoms. The quantitative estimate of drug-likeness (QED) is 0.381. The van der Waals surface area contributed by atoms with E-state index in [1.807, 2.05) is 0 Å². The molecule has 0 amide bonds. The molecule has 0 aliphatic heterocycles. The number of rotatable bonds is 2. The zero-order valence-electron chi connectivity index (χ0n) is 10.1. The zero-order valence-corrected chi connectivity index (χ0v) is 10.1. The van der Waals surface area contributed by atoms with Crippen molar-refractivity contribution in [3.05, 3.63) is 46.5 Å². The van der Waals surface area contributed by atoms with Crippen molar-refractivity contribution in [1.29, 1.82) is 0 Å². The molecule has 0 spiro atoms. The van der Waals surface area contributed by atoms with E-state index in [2.05, 4.69) is 0 Å². The smallest absolute Gasteiger partial charge is 0.358 e. The number of aromatic nitrogens is 1. The average Bonchev–Trinajstić information content (AvgIpc) is 2.87. The average molecular weight is 329 g/mol. The van der Waals surface area contributed by atoms with Gasteiger partial charge in [-0.2, -0.15) is 13.2 Å². The second kappa shape index (κ2) is 5.11. The van der Waals surface area contributed by atoms with E-state index in [9.17, 15) is 39.9 Å². The Kier molecular flexibility index (Phi) is 3.71. The summed E-state index contributed by atoms with van der Waals surface area (Å²) in [6.07, 6.45) is -5.23. The third-order valence-electron chi connectivity index (χ3n) is 2.79. The molecule has 118 valence electrons. The SMILES string of the molecule is O=Cc1[nH]cc(C(F)(F)F)c1-c1c(F)c(F)c(F)c(F)c1F. The summed E-state index contributed by atoms with van der Waals surface area (Å²) in [7, 11) is 0. The molecule has 2 nitrogen and oxygen atoms in total. The van der Waals surface area contributed by atoms with Crippen LogP contribution in [-0.4, -0.2) is 11.3 Å². The number of halogens is 8. The zero-order chi connectivity index (χ0) is 16.8. The number of aromatic amines is 1. The lowest BCUT2D eigenvalue weighted by Gasteiger charge is -2.12. The summed E-state index contributed by atoms with van der Waals surface area (Å²) in [6, 6.07) is 0. The monoisotopic (exact) mass is 329 g/mol. The molecule has 2 rings (SSSR count). The molecule has 2 aromatic rings. The van der Waals surface area contributed by atoms with Gasteiger partial charge in [-0.25, -0.2) is 22.0 Å². The summed E-state index contributed by atoms with van der Waals surface area (Å²) >= 11 is 0. The minimum atomic E-state index is -5.19. The predicted octanol–water partition coefficient (Wildman–Crippen LogP) is 4.21. The highest BCUT2D eigenvalue weighted by Crippen LogP contribution is 2.41. The van der Waals surface area contributed by atoms with Crippen molar-refractivity contribution in [1.82, 2.24) is 4.98 Å². The van der Waals surface area contributed by atoms with Crippen LogP contribution in [-0.2, 0) is 6.18 Å². The van der Waals surface area contributed by atoms with Gasteiger partial charge >= 0.3 is 6.18 Å². The molecule has 0 radical (unpaired) electrons. The van der Waals surface area contributed by atoms with Crippen LogP contribution in [0.25, 0.3) is 11.1 Å². The first-order valence-corrected chi connectivity index (χ1v) is 5.36. The molecule has 0 unspecified atom stereocenters. The van der Waals surface area contributed by atoms with Crippen LogP contribution in [0.3, 0.4) is 0 Å². The minimum absolute atomic E-state index is 0.192. The molecule has 10 heteroatoms. The van der Waals surface area contributed by atoms with Crippen molar-refractivity contribution in [2.45, 2.75) is 6.18 Å². The molecule has 0 saturated carbocycles. The third kappa shape index (κ3) is 2.24. The highest BCUT2D eigenvalue weighted by Gasteiger charge is 2.39. The van der Waals surface area contributed by atoms with Gasteiger partial charge in [-0.3, -0.25) is 4.79 Å². The molecule has 0 fully saturated rings. The fourth-order valence-corrected chi connectivity index (χ4v) is 1.85. The van der Waals surface area contributed by atoms with Crippen LogP contribution in [0, 0.1) is 29.1 Å². The number of H-pyrrole nitrogens is 1. The van der Waals surface area contributed by atoms with Gasteiger partial charge < -0.3 is 4.98 Å². The van der Waals surface area contributed by atoms with Crippen LogP contribution >= 0.6 is 0 Å². The maximum atomic E-state index is 13.6. The molecule has 0 saturated heterocycles. The van der Waals surface area contributed by atoms with E-state index >= 15 is 0 Å². The molecule has 1 aromatic carbocycles. The van der Waals surface area contributed by atoms with Crippen molar-refractivity contribution in [2.24, 2.45) is 0 Å². The van der Waals surface area contributed by atoms with Crippen molar-refractivity contribution < 1.29 is 39.9 Å². The van der Waals surface area contributed by atoms with Crippen LogP contribution in [0.5, 0.6) is 0 Å². The summed E-state index contributed by atoms with van der Waals surface area (Å²) < 4.78 is 105. The van der Waals surface area contributed by atoms with Gasteiger partial charge in [0.25, 0.3) is 0 Å². The fraction of sp³-hybridized carbons (Fsp3) is 0.0833. The highest BCUT2D eigenvalue weighted by atomic mass is 19.4. The molecular weight excluding hydrogens is 326 g/mol. The van der Waals surface area contributed by atoms with Crippen LogP contribution in [0.1, 0.15) is 16.1 Å². The van der Waals surface area contributed by atoms with Gasteiger partial charge in [0.05, 0.1) is 16.8 Å². The van der Waals surface area contributed by atoms with Crippen LogP contribution in [0.4, 0.5) is 35.1 Å². The first kappa shape index (κ1) is 16.0. The Hall–Kier alpha value is -2.39. The first-order valence-electron chi connectivity index (χ1n) is 5.36. The van der Waals surface area contributed by atoms with Gasteiger partial charge in [-0.15, -0.1) is 0 Å². The number of benzene rings is 1. The van der Waals surface area contributed by atoms with Crippen molar-refractivity contribution in [3.8, 4) is 11.1 Å². The van der Waals surface area contributed by atoms with Crippen LogP contribution in [0.2, 0.25) is 0 Å². The van der Waals surface area contributed by atoms with Crippen molar-refractivity contribution in [3.63, 3.8) is 0 Å². The number of aldehydes is 1. The Morgan fingerprint density at radius 1 is 0.818 bits per heavy atom. The summed E-state index contributed by atoms with van der Waals surface area (Å²) in [4.78, 5) is 12.5. The van der Waals surface area contributed by atoms with E-state index in [-0.39, 0.29) is 12.5 Å². The van der Waals surface area contributed by atoms with E-state index in [1.165, 1.54) is 0 Å². The van der Waals surface area contributed by atoms with E-state index in [1.54, 1.807) is 4.98 Å². The van der Waals surface area contributed by atoms with Gasteiger partial charge in [-0.1, -0.05) is 0 Å². The van der Waals surface area contributed by atoms with Crippen molar-refractivity contribution in [2.75, 3.05) is 0 Å². The number of nitrogens with one attached hydrogen (secondary N) is 1. The van der Waals surface area contributed by atoms with E-state index < -0.39 is 57.6 Å². The standard InChI is InChI=1S/C12H3F8NO/c13-7-6(8(14)10(16)11(17)9(7)15)5-3(12(18,19)20)1-21-4(5)2-22/h1-2,21H. The predicted molar refractivity (Wildman–Crippen MR) is 56.4 cm³/mol. The number of alkyl halides is 3. The van der Waals surface area contributed by atoms with Gasteiger partial charge in [-0.05, 0) is 0 Å². The summed E-state index contributed by atoms with van der Waals surface area (Å²) in [6.45, 7) is 0. The Balaban J connectivity index is 2.95. The molecule has 1 N–H and O–H groups in total. The van der Waals surface area contributed by atoms with Gasteiger partial charge in [0, 0.05) is 11.8 Å². The molecule has 1 aromatic heterocycles. The fourth-order valence-electron chi connectivity index (χ4n) is 1.85. The lowest BCUT2D eigenvalue weighted by atomic mass is 9.99. The van der Waals surface area contributed by atoms with E-state index in [0.29, 0.717) is 0 Å². The summed E-state index contributed by atoms with van der Waals surface area (Å²) in [5.74, 6) is -12.3. The largest absolute Gasteiger partial charge is 0.418 e. The number of hydrogen-bond acceptors (Lipinski definition) is 1. The Labute approximate surface area is 116 Å². The van der Waals surface area contributed by atoms with Gasteiger partial charge in [0.15, 0.2) is 29.6 Å². The lowest BCUT2D eigenvalue weighted by Crippen LogP contribution is -2.10. The Bertz CT molecular complexity index is 732. The van der Waals surface area contributed by atoms with Crippen molar-refractivity contribution >= 4 is 6.29 Å². The Morgan fingerprint density at radius 3 is 1.68 bits per heavy atom. The number of carbonyl (C=O) groups is 1. The second-order valence-corrected chi connectivity index (χ2v) is 4.05. The van der Waals surface area contributed by atoms with Crippen LogP contribution in [0.15, 0.2) is 6.20 Å². The maximum absolute atomic E-state index is 13.6. The van der Waals surface area contributed by atoms with Gasteiger partial charge in [0.2, 0.25) is 5.82 Å². The van der Waals surface area contributed by atoms with E-state index in [0.717, 1.165) is 0 Å². The summed E-state index contributed by atoms with van der Waals surface area (Å²) in [5, 5.41) is 0. The number of hydrogen-bond donors (Lipinski definition) is 1. The molecule has 0 aliphatic rings. The Morgan fingerprint density at radius 2 is 1.27 bits per heavy atom. The molecule has 0 atom stereocenters. The third-order valence-corrected chi connectivity index (χ3v) is 2.79. The normalized spacial score (nSPS) is 11.8. The highest BCUT2D eigenvalue weighted by molar-refractivity contribution is 5.88. The molecular formula is C12H3F8NO. The molecule has 0 aliphatic carbocycles. The molecule has 1 heterocycles. The lowest BCUT2D eigenvalue weighted by molar-refractivity contribution is -0.137. The minimum Gasteiger partial charge on any atom is -0.358 e.